The molecule has 0 saturated heterocycles. The molecule has 18 heavy (non-hydrogen) atoms. The van der Waals surface area contributed by atoms with Crippen LogP contribution in [0.25, 0.3) is 0 Å². The molecule has 0 aliphatic heterocycles. The highest BCUT2D eigenvalue weighted by atomic mass is 15.0. The fourth-order valence-electron chi connectivity index (χ4n) is 3.06. The standard InChI is InChI=1S/C16H26N2/c1-11-5-7-14(8-11)18-16(10-17)15-9-12(2)4-6-13(15)3/h4,6,9,11,14,16,18H,5,7-8,10,17H2,1-3H3. The molecular formula is C16H26N2. The zero-order chi connectivity index (χ0) is 13.1. The number of hydrogen-bond acceptors (Lipinski definition) is 2. The van der Waals surface area contributed by atoms with E-state index in [1.54, 1.807) is 0 Å². The molecule has 2 rings (SSSR count). The van der Waals surface area contributed by atoms with Crippen LogP contribution in [0.5, 0.6) is 0 Å². The number of aryl methyl sites for hydroxylation is 2. The topological polar surface area (TPSA) is 38.0 Å². The Morgan fingerprint density at radius 1 is 1.33 bits per heavy atom. The Morgan fingerprint density at radius 2 is 2.11 bits per heavy atom. The number of nitrogens with two attached hydrogens (primary N) is 1. The monoisotopic (exact) mass is 246 g/mol. The van der Waals surface area contributed by atoms with E-state index in [-0.39, 0.29) is 0 Å². The van der Waals surface area contributed by atoms with Gasteiger partial charge < -0.3 is 11.1 Å². The van der Waals surface area contributed by atoms with Gasteiger partial charge >= 0.3 is 0 Å². The number of hydrogen-bond donors (Lipinski definition) is 2. The van der Waals surface area contributed by atoms with E-state index in [0.29, 0.717) is 18.6 Å². The van der Waals surface area contributed by atoms with E-state index in [9.17, 15) is 0 Å². The van der Waals surface area contributed by atoms with Gasteiger partial charge in [-0.15, -0.1) is 0 Å². The van der Waals surface area contributed by atoms with Gasteiger partial charge in [-0.2, -0.15) is 0 Å². The predicted octanol–water partition coefficient (Wildman–Crippen LogP) is 3.08. The first-order chi connectivity index (χ1) is 8.60. The van der Waals surface area contributed by atoms with Crippen LogP contribution in [0.1, 0.15) is 48.9 Å². The third-order valence-electron chi connectivity index (χ3n) is 4.18. The molecule has 2 heteroatoms. The van der Waals surface area contributed by atoms with Crippen LogP contribution in [0.2, 0.25) is 0 Å². The van der Waals surface area contributed by atoms with Crippen molar-refractivity contribution in [1.29, 1.82) is 0 Å². The lowest BCUT2D eigenvalue weighted by atomic mass is 9.98. The Bertz CT molecular complexity index is 400. The van der Waals surface area contributed by atoms with Gasteiger partial charge in [-0.25, -0.2) is 0 Å². The zero-order valence-corrected chi connectivity index (χ0v) is 11.9. The van der Waals surface area contributed by atoms with Crippen molar-refractivity contribution in [3.8, 4) is 0 Å². The van der Waals surface area contributed by atoms with Gasteiger partial charge in [0, 0.05) is 18.6 Å². The molecule has 0 radical (unpaired) electrons. The minimum absolute atomic E-state index is 0.306. The Morgan fingerprint density at radius 3 is 2.72 bits per heavy atom. The summed E-state index contributed by atoms with van der Waals surface area (Å²) < 4.78 is 0. The summed E-state index contributed by atoms with van der Waals surface area (Å²) in [5, 5.41) is 3.76. The maximum atomic E-state index is 5.97. The third kappa shape index (κ3) is 3.12. The second-order valence-corrected chi connectivity index (χ2v) is 5.93. The molecule has 1 aromatic rings. The molecule has 1 saturated carbocycles. The van der Waals surface area contributed by atoms with Crippen molar-refractivity contribution in [3.05, 3.63) is 34.9 Å². The Hall–Kier alpha value is -0.860. The smallest absolute Gasteiger partial charge is 0.0449 e. The average Bonchev–Trinajstić information content (AvgIpc) is 2.75. The Labute approximate surface area is 111 Å². The van der Waals surface area contributed by atoms with Crippen molar-refractivity contribution in [3.63, 3.8) is 0 Å². The van der Waals surface area contributed by atoms with Crippen LogP contribution in [0.15, 0.2) is 18.2 Å². The number of benzene rings is 1. The summed E-state index contributed by atoms with van der Waals surface area (Å²) >= 11 is 0. The summed E-state index contributed by atoms with van der Waals surface area (Å²) in [6.45, 7) is 7.34. The van der Waals surface area contributed by atoms with Crippen LogP contribution in [-0.4, -0.2) is 12.6 Å². The minimum Gasteiger partial charge on any atom is -0.329 e. The second kappa shape index (κ2) is 5.85. The quantitative estimate of drug-likeness (QED) is 0.857. The van der Waals surface area contributed by atoms with Crippen LogP contribution in [0, 0.1) is 19.8 Å². The number of nitrogens with one attached hydrogen (secondary N) is 1. The van der Waals surface area contributed by atoms with Gasteiger partial charge in [-0.1, -0.05) is 30.7 Å². The fourth-order valence-corrected chi connectivity index (χ4v) is 3.06. The van der Waals surface area contributed by atoms with E-state index in [0.717, 1.165) is 5.92 Å². The van der Waals surface area contributed by atoms with E-state index in [2.05, 4.69) is 44.3 Å². The molecule has 0 bridgehead atoms. The van der Waals surface area contributed by atoms with Crippen molar-refractivity contribution < 1.29 is 0 Å². The lowest BCUT2D eigenvalue weighted by Gasteiger charge is -2.24. The van der Waals surface area contributed by atoms with Gasteiger partial charge in [-0.05, 0) is 50.2 Å². The maximum Gasteiger partial charge on any atom is 0.0449 e. The van der Waals surface area contributed by atoms with Crippen LogP contribution in [-0.2, 0) is 0 Å². The van der Waals surface area contributed by atoms with Gasteiger partial charge in [-0.3, -0.25) is 0 Å². The molecule has 3 unspecified atom stereocenters. The summed E-state index contributed by atoms with van der Waals surface area (Å²) in [5.74, 6) is 0.861. The molecule has 1 aliphatic rings. The van der Waals surface area contributed by atoms with Crippen molar-refractivity contribution >= 4 is 0 Å². The van der Waals surface area contributed by atoms with E-state index < -0.39 is 0 Å². The minimum atomic E-state index is 0.306. The summed E-state index contributed by atoms with van der Waals surface area (Å²) in [4.78, 5) is 0. The van der Waals surface area contributed by atoms with Crippen molar-refractivity contribution in [2.75, 3.05) is 6.54 Å². The van der Waals surface area contributed by atoms with E-state index in [1.807, 2.05) is 0 Å². The highest BCUT2D eigenvalue weighted by molar-refractivity contribution is 5.33. The van der Waals surface area contributed by atoms with Gasteiger partial charge in [0.15, 0.2) is 0 Å². The maximum absolute atomic E-state index is 5.97. The SMILES string of the molecule is Cc1ccc(C)c(C(CN)NC2CCC(C)C2)c1. The molecule has 3 atom stereocenters. The Balaban J connectivity index is 2.10. The first-order valence-electron chi connectivity index (χ1n) is 7.13. The molecule has 100 valence electrons. The lowest BCUT2D eigenvalue weighted by Crippen LogP contribution is -2.35. The fraction of sp³-hybridized carbons (Fsp3) is 0.625. The van der Waals surface area contributed by atoms with Crippen molar-refractivity contribution in [2.45, 2.75) is 52.1 Å². The van der Waals surface area contributed by atoms with Crippen molar-refractivity contribution in [1.82, 2.24) is 5.32 Å². The summed E-state index contributed by atoms with van der Waals surface area (Å²) in [6.07, 6.45) is 3.94. The van der Waals surface area contributed by atoms with Crippen LogP contribution in [0.3, 0.4) is 0 Å². The molecular weight excluding hydrogens is 220 g/mol. The highest BCUT2D eigenvalue weighted by Gasteiger charge is 2.24. The molecule has 0 aromatic heterocycles. The average molecular weight is 246 g/mol. The van der Waals surface area contributed by atoms with E-state index in [4.69, 9.17) is 5.73 Å². The molecule has 2 nitrogen and oxygen atoms in total. The van der Waals surface area contributed by atoms with E-state index >= 15 is 0 Å². The van der Waals surface area contributed by atoms with Crippen LogP contribution >= 0.6 is 0 Å². The first kappa shape index (κ1) is 13.6. The third-order valence-corrected chi connectivity index (χ3v) is 4.18. The van der Waals surface area contributed by atoms with Crippen molar-refractivity contribution in [2.24, 2.45) is 11.7 Å². The van der Waals surface area contributed by atoms with Crippen LogP contribution < -0.4 is 11.1 Å². The summed E-state index contributed by atoms with van der Waals surface area (Å²) in [5.41, 5.74) is 10.0. The van der Waals surface area contributed by atoms with Gasteiger partial charge in [0.05, 0.1) is 0 Å². The molecule has 0 spiro atoms. The summed E-state index contributed by atoms with van der Waals surface area (Å²) in [6, 6.07) is 7.60. The second-order valence-electron chi connectivity index (χ2n) is 5.93. The largest absolute Gasteiger partial charge is 0.329 e. The first-order valence-corrected chi connectivity index (χ1v) is 7.13. The molecule has 1 fully saturated rings. The van der Waals surface area contributed by atoms with Crippen LogP contribution in [0.4, 0.5) is 0 Å². The van der Waals surface area contributed by atoms with E-state index in [1.165, 1.54) is 36.0 Å². The van der Waals surface area contributed by atoms with Gasteiger partial charge in [0.25, 0.3) is 0 Å². The van der Waals surface area contributed by atoms with Gasteiger partial charge in [0.1, 0.15) is 0 Å². The predicted molar refractivity (Wildman–Crippen MR) is 77.7 cm³/mol. The highest BCUT2D eigenvalue weighted by Crippen LogP contribution is 2.27. The summed E-state index contributed by atoms with van der Waals surface area (Å²) in [7, 11) is 0. The lowest BCUT2D eigenvalue weighted by molar-refractivity contribution is 0.433. The molecule has 0 heterocycles. The molecule has 1 aromatic carbocycles. The Kier molecular flexibility index (Phi) is 4.41. The zero-order valence-electron chi connectivity index (χ0n) is 11.9. The molecule has 3 N–H and O–H groups in total. The number of rotatable bonds is 4. The normalized spacial score (nSPS) is 25.3. The molecule has 0 amide bonds. The molecule has 1 aliphatic carbocycles. The van der Waals surface area contributed by atoms with Gasteiger partial charge in [0.2, 0.25) is 0 Å².